The van der Waals surface area contributed by atoms with Gasteiger partial charge in [-0.25, -0.2) is 4.98 Å². The highest BCUT2D eigenvalue weighted by molar-refractivity contribution is 5.98. The Bertz CT molecular complexity index is 1140. The van der Waals surface area contributed by atoms with Crippen molar-refractivity contribution in [1.82, 2.24) is 18.9 Å². The first-order valence-corrected chi connectivity index (χ1v) is 10.7. The van der Waals surface area contributed by atoms with Crippen molar-refractivity contribution in [1.29, 1.82) is 0 Å². The maximum Gasteiger partial charge on any atom is 0.270 e. The summed E-state index contributed by atoms with van der Waals surface area (Å²) in [6, 6.07) is 5.52. The van der Waals surface area contributed by atoms with E-state index in [-0.39, 0.29) is 11.5 Å². The van der Waals surface area contributed by atoms with Crippen LogP contribution in [0.25, 0.3) is 16.7 Å². The summed E-state index contributed by atoms with van der Waals surface area (Å²) < 4.78 is 8.69. The number of methoxy groups -OCH3 is 1. The summed E-state index contributed by atoms with van der Waals surface area (Å²) in [7, 11) is 1.66. The summed E-state index contributed by atoms with van der Waals surface area (Å²) in [5.41, 5.74) is 2.53. The molecule has 0 unspecified atom stereocenters. The highest BCUT2D eigenvalue weighted by atomic mass is 16.5. The molecular weight excluding hydrogens is 380 g/mol. The monoisotopic (exact) mass is 410 g/mol. The summed E-state index contributed by atoms with van der Waals surface area (Å²) in [5.74, 6) is 0.921. The number of hydrogen-bond donors (Lipinski definition) is 0. The number of fused-ring (bicyclic) bond motifs is 2. The van der Waals surface area contributed by atoms with Gasteiger partial charge in [0.05, 0.1) is 5.39 Å². The normalized spacial score (nSPS) is 19.7. The molecule has 3 aromatic rings. The number of aryl methyl sites for hydroxylation is 2. The first kappa shape index (κ1) is 20.6. The van der Waals surface area contributed by atoms with Gasteiger partial charge in [-0.05, 0) is 49.3 Å². The number of pyridine rings is 1. The summed E-state index contributed by atoms with van der Waals surface area (Å²) in [5, 5.41) is 0.483. The van der Waals surface area contributed by atoms with Gasteiger partial charge in [0, 0.05) is 39.5 Å². The molecule has 1 aliphatic heterocycles. The van der Waals surface area contributed by atoms with Gasteiger partial charge in [0.15, 0.2) is 0 Å². The van der Waals surface area contributed by atoms with Crippen LogP contribution in [-0.2, 0) is 11.3 Å². The maximum absolute atomic E-state index is 13.5. The van der Waals surface area contributed by atoms with E-state index in [4.69, 9.17) is 9.72 Å². The smallest absolute Gasteiger partial charge is 0.270 e. The standard InChI is InChI=1S/C23H30N4O3/c1-15-11-16(2)14-25(13-15)23(29)19-12-18-21(26(19)9-6-10-30-4)24-20-17(3)7-5-8-27(20)22(18)28/h5,7-8,12,15-16H,6,9-11,13-14H2,1-4H3/t15-,16-/m0/s1. The van der Waals surface area contributed by atoms with Crippen molar-refractivity contribution in [3.05, 3.63) is 46.0 Å². The Morgan fingerprint density at radius 2 is 1.97 bits per heavy atom. The number of aromatic nitrogens is 3. The zero-order valence-electron chi connectivity index (χ0n) is 18.2. The zero-order chi connectivity index (χ0) is 21.4. The van der Waals surface area contributed by atoms with Crippen molar-refractivity contribution in [3.63, 3.8) is 0 Å². The lowest BCUT2D eigenvalue weighted by Crippen LogP contribution is -2.43. The van der Waals surface area contributed by atoms with Gasteiger partial charge in [0.1, 0.15) is 17.0 Å². The van der Waals surface area contributed by atoms with Crippen LogP contribution < -0.4 is 5.56 Å². The number of nitrogens with zero attached hydrogens (tertiary/aromatic N) is 4. The molecule has 1 saturated heterocycles. The first-order chi connectivity index (χ1) is 14.4. The second-order valence-electron chi connectivity index (χ2n) is 8.72. The number of hydrogen-bond acceptors (Lipinski definition) is 4. The van der Waals surface area contributed by atoms with Gasteiger partial charge in [0.25, 0.3) is 11.5 Å². The number of ether oxygens (including phenoxy) is 1. The van der Waals surface area contributed by atoms with Crippen molar-refractivity contribution in [3.8, 4) is 0 Å². The van der Waals surface area contributed by atoms with Crippen molar-refractivity contribution >= 4 is 22.6 Å². The Kier molecular flexibility index (Phi) is 5.64. The molecular formula is C23H30N4O3. The Morgan fingerprint density at radius 3 is 2.67 bits per heavy atom. The van der Waals surface area contributed by atoms with Crippen LogP contribution in [0.5, 0.6) is 0 Å². The lowest BCUT2D eigenvalue weighted by Gasteiger charge is -2.35. The third-order valence-corrected chi connectivity index (χ3v) is 6.00. The minimum Gasteiger partial charge on any atom is -0.385 e. The molecule has 0 spiro atoms. The lowest BCUT2D eigenvalue weighted by atomic mass is 9.92. The number of carbonyl (C=O) groups excluding carboxylic acids is 1. The van der Waals surface area contributed by atoms with E-state index in [0.29, 0.717) is 47.4 Å². The topological polar surface area (TPSA) is 68.8 Å². The third kappa shape index (κ3) is 3.62. The number of carbonyl (C=O) groups is 1. The molecule has 0 aromatic carbocycles. The predicted molar refractivity (Wildman–Crippen MR) is 117 cm³/mol. The van der Waals surface area contributed by atoms with Gasteiger partial charge in [0.2, 0.25) is 0 Å². The summed E-state index contributed by atoms with van der Waals surface area (Å²) in [6.45, 7) is 8.96. The second-order valence-corrected chi connectivity index (χ2v) is 8.72. The molecule has 1 amide bonds. The SMILES string of the molecule is COCCCn1c(C(=O)N2C[C@@H](C)C[C@H](C)C2)cc2c(=O)n3cccc(C)c3nc21. The largest absolute Gasteiger partial charge is 0.385 e. The number of likely N-dealkylation sites (tertiary alicyclic amines) is 1. The van der Waals surface area contributed by atoms with Gasteiger partial charge in [-0.2, -0.15) is 0 Å². The molecule has 7 heteroatoms. The van der Waals surface area contributed by atoms with Crippen LogP contribution in [0, 0.1) is 18.8 Å². The van der Waals surface area contributed by atoms with Crippen molar-refractivity contribution in [2.75, 3.05) is 26.8 Å². The van der Waals surface area contributed by atoms with Crippen LogP contribution in [0.3, 0.4) is 0 Å². The van der Waals surface area contributed by atoms with E-state index in [9.17, 15) is 9.59 Å². The van der Waals surface area contributed by atoms with Crippen molar-refractivity contribution < 1.29 is 9.53 Å². The van der Waals surface area contributed by atoms with E-state index >= 15 is 0 Å². The minimum atomic E-state index is -0.140. The fourth-order valence-corrected chi connectivity index (χ4v) is 4.72. The highest BCUT2D eigenvalue weighted by Gasteiger charge is 2.29. The summed E-state index contributed by atoms with van der Waals surface area (Å²) in [4.78, 5) is 33.5. The fraction of sp³-hybridized carbons (Fsp3) is 0.522. The average molecular weight is 411 g/mol. The molecule has 4 heterocycles. The number of amides is 1. The first-order valence-electron chi connectivity index (χ1n) is 10.7. The maximum atomic E-state index is 13.5. The summed E-state index contributed by atoms with van der Waals surface area (Å²) in [6.07, 6.45) is 3.60. The van der Waals surface area contributed by atoms with E-state index < -0.39 is 0 Å². The van der Waals surface area contributed by atoms with Gasteiger partial charge in [-0.1, -0.05) is 19.9 Å². The molecule has 30 heavy (non-hydrogen) atoms. The quantitative estimate of drug-likeness (QED) is 0.606. The van der Waals surface area contributed by atoms with E-state index in [1.165, 1.54) is 0 Å². The summed E-state index contributed by atoms with van der Waals surface area (Å²) >= 11 is 0. The van der Waals surface area contributed by atoms with Gasteiger partial charge < -0.3 is 14.2 Å². The Balaban J connectivity index is 1.87. The van der Waals surface area contributed by atoms with E-state index in [1.54, 1.807) is 23.8 Å². The zero-order valence-corrected chi connectivity index (χ0v) is 18.2. The molecule has 2 atom stereocenters. The molecule has 0 radical (unpaired) electrons. The van der Waals surface area contributed by atoms with Crippen molar-refractivity contribution in [2.45, 2.75) is 40.2 Å². The van der Waals surface area contributed by atoms with E-state index in [2.05, 4.69) is 13.8 Å². The average Bonchev–Trinajstić information content (AvgIpc) is 3.07. The molecule has 1 fully saturated rings. The second kappa shape index (κ2) is 8.22. The molecule has 0 aliphatic carbocycles. The van der Waals surface area contributed by atoms with Crippen LogP contribution >= 0.6 is 0 Å². The molecule has 1 aliphatic rings. The van der Waals surface area contributed by atoms with Gasteiger partial charge in [-0.15, -0.1) is 0 Å². The lowest BCUT2D eigenvalue weighted by molar-refractivity contribution is 0.0612. The van der Waals surface area contributed by atoms with Crippen LogP contribution in [-0.4, -0.2) is 51.6 Å². The highest BCUT2D eigenvalue weighted by Crippen LogP contribution is 2.25. The predicted octanol–water partition coefficient (Wildman–Crippen LogP) is 3.11. The van der Waals surface area contributed by atoms with Crippen LogP contribution in [0.2, 0.25) is 0 Å². The third-order valence-electron chi connectivity index (χ3n) is 6.00. The van der Waals surface area contributed by atoms with Crippen LogP contribution in [0.1, 0.15) is 42.7 Å². The van der Waals surface area contributed by atoms with Crippen LogP contribution in [0.15, 0.2) is 29.2 Å². The number of piperidine rings is 1. The molecule has 160 valence electrons. The van der Waals surface area contributed by atoms with Gasteiger partial charge in [-0.3, -0.25) is 14.0 Å². The molecule has 0 saturated carbocycles. The molecule has 0 N–H and O–H groups in total. The molecule has 3 aromatic heterocycles. The minimum absolute atomic E-state index is 0.0194. The van der Waals surface area contributed by atoms with Crippen molar-refractivity contribution in [2.24, 2.45) is 11.8 Å². The Morgan fingerprint density at radius 1 is 1.23 bits per heavy atom. The van der Waals surface area contributed by atoms with E-state index in [1.807, 2.05) is 28.5 Å². The molecule has 0 bridgehead atoms. The Labute approximate surface area is 176 Å². The van der Waals surface area contributed by atoms with Crippen LogP contribution in [0.4, 0.5) is 0 Å². The van der Waals surface area contributed by atoms with E-state index in [0.717, 1.165) is 31.5 Å². The Hall–Kier alpha value is -2.67. The van der Waals surface area contributed by atoms with Gasteiger partial charge >= 0.3 is 0 Å². The molecule has 7 nitrogen and oxygen atoms in total. The number of rotatable bonds is 5. The molecule has 4 rings (SSSR count). The fourth-order valence-electron chi connectivity index (χ4n) is 4.72.